The summed E-state index contributed by atoms with van der Waals surface area (Å²) in [7, 11) is 3.45. The molecule has 2 amide bonds. The van der Waals surface area contributed by atoms with Crippen LogP contribution in [0.2, 0.25) is 0 Å². The summed E-state index contributed by atoms with van der Waals surface area (Å²) in [5, 5.41) is 3.00. The van der Waals surface area contributed by atoms with E-state index in [4.69, 9.17) is 10.5 Å². The average Bonchev–Trinajstić information content (AvgIpc) is 2.81. The van der Waals surface area contributed by atoms with Gasteiger partial charge < -0.3 is 20.7 Å². The van der Waals surface area contributed by atoms with Crippen molar-refractivity contribution in [1.82, 2.24) is 10.2 Å². The number of nitrogens with two attached hydrogens (primary N) is 1. The summed E-state index contributed by atoms with van der Waals surface area (Å²) in [5.41, 5.74) is 6.99. The van der Waals surface area contributed by atoms with Crippen molar-refractivity contribution >= 4 is 11.8 Å². The Morgan fingerprint density at radius 1 is 1.13 bits per heavy atom. The number of carbonyl (C=O) groups excluding carboxylic acids is 2. The van der Waals surface area contributed by atoms with Gasteiger partial charge in [0.05, 0.1) is 6.33 Å². The van der Waals surface area contributed by atoms with Gasteiger partial charge in [0.25, 0.3) is 0 Å². The third-order valence-electron chi connectivity index (χ3n) is 7.16. The van der Waals surface area contributed by atoms with E-state index in [1.165, 1.54) is 5.56 Å². The predicted octanol–water partition coefficient (Wildman–Crippen LogP) is 3.06. The topological polar surface area (TPSA) is 84.7 Å². The average molecular weight is 432 g/mol. The Kier molecular flexibility index (Phi) is 7.36. The molecule has 3 aliphatic carbocycles. The van der Waals surface area contributed by atoms with Crippen LogP contribution in [-0.4, -0.2) is 50.5 Å². The highest BCUT2D eigenvalue weighted by Gasteiger charge is 2.52. The molecule has 2 bridgehead atoms. The minimum atomic E-state index is -0.288. The second kappa shape index (κ2) is 9.81. The first-order valence-corrected chi connectivity index (χ1v) is 11.0. The minimum absolute atomic E-state index is 0.0245. The highest BCUT2D eigenvalue weighted by Crippen LogP contribution is 2.57. The van der Waals surface area contributed by atoms with Crippen LogP contribution in [0.15, 0.2) is 36.2 Å². The Labute approximate surface area is 184 Å². The second-order valence-corrected chi connectivity index (χ2v) is 9.14. The van der Waals surface area contributed by atoms with Crippen molar-refractivity contribution in [2.45, 2.75) is 50.4 Å². The molecule has 31 heavy (non-hydrogen) atoms. The fourth-order valence-electron chi connectivity index (χ4n) is 4.87. The number of amides is 2. The van der Waals surface area contributed by atoms with Crippen LogP contribution in [0.5, 0.6) is 5.75 Å². The van der Waals surface area contributed by atoms with E-state index in [0.717, 1.165) is 38.5 Å². The molecule has 3 fully saturated rings. The van der Waals surface area contributed by atoms with Crippen molar-refractivity contribution in [2.75, 3.05) is 33.8 Å². The number of halogens is 1. The second-order valence-electron chi connectivity index (χ2n) is 9.14. The third kappa shape index (κ3) is 5.09. The number of nitrogens with one attached hydrogen (secondary N) is 1. The fraction of sp³-hybridized carbons (Fsp3) is 0.583. The van der Waals surface area contributed by atoms with Gasteiger partial charge in [0.1, 0.15) is 12.4 Å². The number of hydrogen-bond donors (Lipinski definition) is 2. The molecular formula is C24H34FN3O3. The van der Waals surface area contributed by atoms with E-state index in [2.05, 4.69) is 17.4 Å². The van der Waals surface area contributed by atoms with Gasteiger partial charge in [-0.05, 0) is 61.6 Å². The third-order valence-corrected chi connectivity index (χ3v) is 7.16. The molecule has 0 atom stereocenters. The molecule has 6 nitrogen and oxygen atoms in total. The maximum atomic E-state index is 12.9. The number of rotatable bonds is 9. The molecule has 0 aliphatic heterocycles. The molecule has 0 saturated heterocycles. The van der Waals surface area contributed by atoms with E-state index in [0.29, 0.717) is 30.6 Å². The van der Waals surface area contributed by atoms with Crippen molar-refractivity contribution in [3.63, 3.8) is 0 Å². The van der Waals surface area contributed by atoms with Crippen LogP contribution in [0.25, 0.3) is 0 Å². The lowest BCUT2D eigenvalue weighted by atomic mass is 9.51. The maximum absolute atomic E-state index is 12.9. The van der Waals surface area contributed by atoms with Gasteiger partial charge in [-0.1, -0.05) is 12.1 Å². The molecule has 0 radical (unpaired) electrons. The fourth-order valence-corrected chi connectivity index (χ4v) is 4.87. The number of benzene rings is 1. The molecule has 170 valence electrons. The molecule has 0 unspecified atom stereocenters. The monoisotopic (exact) mass is 431 g/mol. The summed E-state index contributed by atoms with van der Waals surface area (Å²) in [4.78, 5) is 26.2. The molecule has 0 aromatic heterocycles. The van der Waals surface area contributed by atoms with E-state index in [9.17, 15) is 14.0 Å². The van der Waals surface area contributed by atoms with Crippen molar-refractivity contribution < 1.29 is 18.7 Å². The first-order valence-electron chi connectivity index (χ1n) is 11.0. The van der Waals surface area contributed by atoms with Crippen LogP contribution >= 0.6 is 0 Å². The lowest BCUT2D eigenvalue weighted by Crippen LogP contribution is -2.52. The molecule has 3 saturated carbocycles. The van der Waals surface area contributed by atoms with Crippen LogP contribution in [0.3, 0.4) is 0 Å². The SMILES string of the molecule is CN(C)C(=O)CCNC(=O)C12CCC(c3ccc(OCC(=CF)CN)cc3)(CC1)CC2. The summed E-state index contributed by atoms with van der Waals surface area (Å²) in [6, 6.07) is 8.06. The van der Waals surface area contributed by atoms with Crippen LogP contribution in [0, 0.1) is 5.41 Å². The lowest BCUT2D eigenvalue weighted by Gasteiger charge is -2.52. The molecule has 0 spiro atoms. The van der Waals surface area contributed by atoms with Gasteiger partial charge in [-0.15, -0.1) is 0 Å². The quantitative estimate of drug-likeness (QED) is 0.629. The number of hydrogen-bond acceptors (Lipinski definition) is 4. The van der Waals surface area contributed by atoms with E-state index in [-0.39, 0.29) is 35.8 Å². The highest BCUT2D eigenvalue weighted by molar-refractivity contribution is 5.84. The van der Waals surface area contributed by atoms with E-state index in [1.807, 2.05) is 12.1 Å². The Morgan fingerprint density at radius 2 is 1.74 bits per heavy atom. The zero-order valence-corrected chi connectivity index (χ0v) is 18.6. The molecule has 4 rings (SSSR count). The summed E-state index contributed by atoms with van der Waals surface area (Å²) in [5.74, 6) is 0.824. The molecule has 3 N–H and O–H groups in total. The Morgan fingerprint density at radius 3 is 2.26 bits per heavy atom. The standard InChI is InChI=1S/C24H34FN3O3/c1-28(2)21(29)7-14-27-22(30)24-11-8-23(9-12-24,10-13-24)19-3-5-20(6-4-19)31-17-18(15-25)16-26/h3-6,15H,7-14,16-17,26H2,1-2H3,(H,27,30). The van der Waals surface area contributed by atoms with Crippen molar-refractivity contribution in [1.29, 1.82) is 0 Å². The summed E-state index contributed by atoms with van der Waals surface area (Å²) in [6.45, 7) is 0.682. The van der Waals surface area contributed by atoms with Crippen molar-refractivity contribution in [3.8, 4) is 5.75 Å². The van der Waals surface area contributed by atoms with E-state index >= 15 is 0 Å². The van der Waals surface area contributed by atoms with Gasteiger partial charge in [0.2, 0.25) is 11.8 Å². The molecule has 3 aliphatic rings. The largest absolute Gasteiger partial charge is 0.489 e. The van der Waals surface area contributed by atoms with Crippen LogP contribution < -0.4 is 15.8 Å². The van der Waals surface area contributed by atoms with Gasteiger partial charge in [-0.2, -0.15) is 0 Å². The zero-order valence-electron chi connectivity index (χ0n) is 18.6. The first-order chi connectivity index (χ1) is 14.8. The van der Waals surface area contributed by atoms with Crippen LogP contribution in [0.4, 0.5) is 4.39 Å². The minimum Gasteiger partial charge on any atom is -0.489 e. The summed E-state index contributed by atoms with van der Waals surface area (Å²) < 4.78 is 18.2. The molecule has 0 heterocycles. The van der Waals surface area contributed by atoms with Gasteiger partial charge in [-0.25, -0.2) is 4.39 Å². The van der Waals surface area contributed by atoms with E-state index < -0.39 is 0 Å². The number of carbonyl (C=O) groups is 2. The number of nitrogens with zero attached hydrogens (tertiary/aromatic N) is 1. The van der Waals surface area contributed by atoms with Crippen LogP contribution in [0.1, 0.15) is 50.5 Å². The zero-order chi connectivity index (χ0) is 22.5. The van der Waals surface area contributed by atoms with Gasteiger partial charge >= 0.3 is 0 Å². The number of ether oxygens (including phenoxy) is 1. The Bertz CT molecular complexity index is 795. The first kappa shape index (κ1) is 23.3. The lowest BCUT2D eigenvalue weighted by molar-refractivity contribution is -0.138. The maximum Gasteiger partial charge on any atom is 0.226 e. The normalized spacial score (nSPS) is 25.2. The summed E-state index contributed by atoms with van der Waals surface area (Å²) >= 11 is 0. The molecule has 1 aromatic carbocycles. The number of fused-ring (bicyclic) bond motifs is 3. The summed E-state index contributed by atoms with van der Waals surface area (Å²) in [6.07, 6.45) is 6.41. The van der Waals surface area contributed by atoms with E-state index in [1.54, 1.807) is 19.0 Å². The van der Waals surface area contributed by atoms with Gasteiger partial charge in [-0.3, -0.25) is 9.59 Å². The van der Waals surface area contributed by atoms with Gasteiger partial charge in [0, 0.05) is 44.6 Å². The van der Waals surface area contributed by atoms with Crippen LogP contribution in [-0.2, 0) is 15.0 Å². The molecular weight excluding hydrogens is 397 g/mol. The highest BCUT2D eigenvalue weighted by atomic mass is 19.1. The smallest absolute Gasteiger partial charge is 0.226 e. The Hall–Kier alpha value is -2.41. The van der Waals surface area contributed by atoms with Crippen molar-refractivity contribution in [2.24, 2.45) is 11.1 Å². The predicted molar refractivity (Wildman–Crippen MR) is 118 cm³/mol. The van der Waals surface area contributed by atoms with Crippen molar-refractivity contribution in [3.05, 3.63) is 41.7 Å². The Balaban J connectivity index is 1.55. The molecule has 1 aromatic rings. The molecule has 7 heteroatoms. The van der Waals surface area contributed by atoms with Gasteiger partial charge in [0.15, 0.2) is 0 Å².